The molecular formula is C23H25F2N3O2. The van der Waals surface area contributed by atoms with E-state index in [0.717, 1.165) is 48.2 Å². The third-order valence-electron chi connectivity index (χ3n) is 6.64. The lowest BCUT2D eigenvalue weighted by atomic mass is 9.78. The molecule has 2 aromatic heterocycles. The summed E-state index contributed by atoms with van der Waals surface area (Å²) >= 11 is 0. The van der Waals surface area contributed by atoms with Crippen LogP contribution in [0.25, 0.3) is 5.65 Å². The van der Waals surface area contributed by atoms with Crippen molar-refractivity contribution in [2.24, 2.45) is 0 Å². The van der Waals surface area contributed by atoms with Gasteiger partial charge in [-0.3, -0.25) is 4.40 Å². The van der Waals surface area contributed by atoms with Crippen LogP contribution in [0.5, 0.6) is 5.75 Å². The summed E-state index contributed by atoms with van der Waals surface area (Å²) in [6.07, 6.45) is 4.92. The zero-order valence-electron chi connectivity index (χ0n) is 17.1. The van der Waals surface area contributed by atoms with Crippen LogP contribution in [0.15, 0.2) is 36.5 Å². The zero-order chi connectivity index (χ0) is 20.9. The molecule has 2 aliphatic carbocycles. The molecule has 5 nitrogen and oxygen atoms in total. The summed E-state index contributed by atoms with van der Waals surface area (Å²) in [6, 6.07) is 8.50. The second-order valence-corrected chi connectivity index (χ2v) is 8.44. The first-order chi connectivity index (χ1) is 14.5. The van der Waals surface area contributed by atoms with Crippen LogP contribution < -0.4 is 4.74 Å². The Balaban J connectivity index is 1.31. The van der Waals surface area contributed by atoms with Crippen LogP contribution in [0.4, 0.5) is 8.78 Å². The summed E-state index contributed by atoms with van der Waals surface area (Å²) < 4.78 is 40.9. The fraction of sp³-hybridized carbons (Fsp3) is 0.478. The first-order valence-electron chi connectivity index (χ1n) is 10.5. The Hall–Kier alpha value is -2.54. The Morgan fingerprint density at radius 1 is 1.10 bits per heavy atom. The highest BCUT2D eigenvalue weighted by Crippen LogP contribution is 2.44. The third-order valence-corrected chi connectivity index (χ3v) is 6.64. The van der Waals surface area contributed by atoms with E-state index in [9.17, 15) is 8.78 Å². The first kappa shape index (κ1) is 19.4. The third kappa shape index (κ3) is 3.25. The Labute approximate surface area is 174 Å². The Kier molecular flexibility index (Phi) is 4.73. The van der Waals surface area contributed by atoms with Crippen LogP contribution in [-0.4, -0.2) is 34.0 Å². The largest absolute Gasteiger partial charge is 0.490 e. The van der Waals surface area contributed by atoms with E-state index >= 15 is 0 Å². The molecule has 30 heavy (non-hydrogen) atoms. The lowest BCUT2D eigenvalue weighted by Gasteiger charge is -2.39. The normalized spacial score (nSPS) is 28.6. The lowest BCUT2D eigenvalue weighted by molar-refractivity contribution is -0.0650. The molecule has 2 saturated carbocycles. The minimum atomic E-state index is -0.807. The average molecular weight is 413 g/mol. The fourth-order valence-corrected chi connectivity index (χ4v) is 4.61. The molecule has 2 heterocycles. The molecule has 0 saturated heterocycles. The van der Waals surface area contributed by atoms with Gasteiger partial charge in [0.25, 0.3) is 0 Å². The highest BCUT2D eigenvalue weighted by Gasteiger charge is 2.42. The van der Waals surface area contributed by atoms with Crippen molar-refractivity contribution in [1.29, 1.82) is 0 Å². The van der Waals surface area contributed by atoms with Crippen molar-refractivity contribution in [3.63, 3.8) is 0 Å². The van der Waals surface area contributed by atoms with Crippen molar-refractivity contribution in [3.05, 3.63) is 59.3 Å². The van der Waals surface area contributed by atoms with Crippen molar-refractivity contribution >= 4 is 5.65 Å². The van der Waals surface area contributed by atoms with Gasteiger partial charge in [-0.2, -0.15) is 0 Å². The molecular weight excluding hydrogens is 388 g/mol. The van der Waals surface area contributed by atoms with Gasteiger partial charge in [0.15, 0.2) is 5.65 Å². The minimum Gasteiger partial charge on any atom is -0.490 e. The maximum Gasteiger partial charge on any atom is 0.167 e. The van der Waals surface area contributed by atoms with Gasteiger partial charge in [0, 0.05) is 18.9 Å². The number of ether oxygens (including phenoxy) is 2. The molecule has 7 heteroatoms. The Morgan fingerprint density at radius 3 is 2.43 bits per heavy atom. The standard InChI is InChI=1S/C23H25F2N3O2/c1-14-20(9-12-28-21(14)26-27-22(28)18-13-19(18)25)30-17-7-10-23(29-2,11-8-17)15-3-5-16(24)6-4-15/h3-6,9,12,17-19H,7-8,10-11,13H2,1-2H3/t17?,18-,19-,23?/m1/s1. The van der Waals surface area contributed by atoms with Crippen molar-refractivity contribution in [2.45, 2.75) is 62.8 Å². The van der Waals surface area contributed by atoms with Crippen LogP contribution in [0, 0.1) is 12.7 Å². The average Bonchev–Trinajstić information content (AvgIpc) is 3.32. The highest BCUT2D eigenvalue weighted by molar-refractivity contribution is 5.54. The van der Waals surface area contributed by atoms with Crippen molar-refractivity contribution in [2.75, 3.05) is 7.11 Å². The van der Waals surface area contributed by atoms with Gasteiger partial charge in [0.2, 0.25) is 0 Å². The molecule has 2 aliphatic rings. The van der Waals surface area contributed by atoms with Gasteiger partial charge in [0.1, 0.15) is 23.6 Å². The number of halogens is 2. The van der Waals surface area contributed by atoms with E-state index < -0.39 is 11.8 Å². The van der Waals surface area contributed by atoms with Crippen molar-refractivity contribution in [1.82, 2.24) is 14.6 Å². The van der Waals surface area contributed by atoms with Crippen molar-refractivity contribution < 1.29 is 18.3 Å². The van der Waals surface area contributed by atoms with Crippen LogP contribution in [-0.2, 0) is 10.3 Å². The summed E-state index contributed by atoms with van der Waals surface area (Å²) in [5, 5.41) is 8.47. The topological polar surface area (TPSA) is 48.7 Å². The molecule has 2 fully saturated rings. The summed E-state index contributed by atoms with van der Waals surface area (Å²) in [5.74, 6) is 1.09. The molecule has 0 radical (unpaired) electrons. The van der Waals surface area contributed by atoms with Gasteiger partial charge in [-0.05, 0) is 62.8 Å². The molecule has 0 aliphatic heterocycles. The van der Waals surface area contributed by atoms with Crippen molar-refractivity contribution in [3.8, 4) is 5.75 Å². The number of benzene rings is 1. The zero-order valence-corrected chi connectivity index (χ0v) is 17.1. The number of nitrogens with zero attached hydrogens (tertiary/aromatic N) is 3. The van der Waals surface area contributed by atoms with E-state index in [4.69, 9.17) is 9.47 Å². The molecule has 1 aromatic carbocycles. The predicted molar refractivity (Wildman–Crippen MR) is 108 cm³/mol. The summed E-state index contributed by atoms with van der Waals surface area (Å²) in [7, 11) is 1.72. The highest BCUT2D eigenvalue weighted by atomic mass is 19.1. The molecule has 3 aromatic rings. The van der Waals surface area contributed by atoms with E-state index in [2.05, 4.69) is 10.2 Å². The number of pyridine rings is 1. The number of aryl methyl sites for hydroxylation is 1. The minimum absolute atomic E-state index is 0.0657. The maximum atomic E-state index is 13.5. The quantitative estimate of drug-likeness (QED) is 0.599. The molecule has 0 spiro atoms. The summed E-state index contributed by atoms with van der Waals surface area (Å²) in [6.45, 7) is 1.96. The second kappa shape index (κ2) is 7.30. The number of fused-ring (bicyclic) bond motifs is 1. The lowest BCUT2D eigenvalue weighted by Crippen LogP contribution is -2.37. The fourth-order valence-electron chi connectivity index (χ4n) is 4.61. The van der Waals surface area contributed by atoms with Gasteiger partial charge in [-0.1, -0.05) is 12.1 Å². The molecule has 0 bridgehead atoms. The number of methoxy groups -OCH3 is 1. The van der Waals surface area contributed by atoms with Gasteiger partial charge < -0.3 is 9.47 Å². The molecule has 0 unspecified atom stereocenters. The van der Waals surface area contributed by atoms with Crippen LogP contribution in [0.2, 0.25) is 0 Å². The summed E-state index contributed by atoms with van der Waals surface area (Å²) in [4.78, 5) is 0. The number of hydrogen-bond donors (Lipinski definition) is 0. The Bertz CT molecular complexity index is 1060. The monoisotopic (exact) mass is 413 g/mol. The number of alkyl halides is 1. The predicted octanol–water partition coefficient (Wildman–Crippen LogP) is 4.87. The van der Waals surface area contributed by atoms with E-state index in [1.165, 1.54) is 12.1 Å². The first-order valence-corrected chi connectivity index (χ1v) is 10.5. The smallest absolute Gasteiger partial charge is 0.167 e. The number of hydrogen-bond acceptors (Lipinski definition) is 4. The van der Waals surface area contributed by atoms with E-state index in [0.29, 0.717) is 12.2 Å². The number of aromatic nitrogens is 3. The van der Waals surface area contributed by atoms with Crippen LogP contribution in [0.1, 0.15) is 55.0 Å². The van der Waals surface area contributed by atoms with Crippen LogP contribution >= 0.6 is 0 Å². The maximum absolute atomic E-state index is 13.5. The molecule has 2 atom stereocenters. The SMILES string of the molecule is COC1(c2ccc(F)cc2)CCC(Oc2ccn3c([C@@H]4C[C@H]4F)nnc3c2C)CC1. The molecule has 0 amide bonds. The molecule has 0 N–H and O–H groups in total. The number of rotatable bonds is 5. The molecule has 158 valence electrons. The van der Waals surface area contributed by atoms with Gasteiger partial charge >= 0.3 is 0 Å². The van der Waals surface area contributed by atoms with Gasteiger partial charge in [-0.25, -0.2) is 8.78 Å². The van der Waals surface area contributed by atoms with Gasteiger partial charge in [-0.15, -0.1) is 10.2 Å². The molecule has 5 rings (SSSR count). The van der Waals surface area contributed by atoms with Gasteiger partial charge in [0.05, 0.1) is 17.6 Å². The summed E-state index contributed by atoms with van der Waals surface area (Å²) in [5.41, 5.74) is 2.23. The van der Waals surface area contributed by atoms with E-state index in [1.54, 1.807) is 7.11 Å². The Morgan fingerprint density at radius 2 is 1.80 bits per heavy atom. The second-order valence-electron chi connectivity index (χ2n) is 8.44. The van der Waals surface area contributed by atoms with Crippen LogP contribution in [0.3, 0.4) is 0 Å². The van der Waals surface area contributed by atoms with E-state index in [1.807, 2.05) is 35.7 Å². The van der Waals surface area contributed by atoms with E-state index in [-0.39, 0.29) is 17.8 Å².